The number of carbonyl (C=O) groups excluding carboxylic acids is 1. The van der Waals surface area contributed by atoms with Crippen LogP contribution in [0.3, 0.4) is 0 Å². The molecule has 0 aliphatic rings. The fourth-order valence-electron chi connectivity index (χ4n) is 2.98. The molecule has 4 rings (SSSR count). The van der Waals surface area contributed by atoms with E-state index in [0.29, 0.717) is 29.0 Å². The van der Waals surface area contributed by atoms with E-state index >= 15 is 0 Å². The van der Waals surface area contributed by atoms with Gasteiger partial charge in [0.15, 0.2) is 11.6 Å². The predicted octanol–water partition coefficient (Wildman–Crippen LogP) is 3.42. The van der Waals surface area contributed by atoms with Gasteiger partial charge in [0, 0.05) is 17.5 Å². The Morgan fingerprint density at radius 1 is 1.17 bits per heavy atom. The summed E-state index contributed by atoms with van der Waals surface area (Å²) in [6.45, 7) is 2.24. The number of ketones is 1. The second kappa shape index (κ2) is 5.45. The lowest BCUT2D eigenvalue weighted by Crippen LogP contribution is -2.01. The third-order valence-electron chi connectivity index (χ3n) is 4.18. The van der Waals surface area contributed by atoms with Crippen LogP contribution in [0.2, 0.25) is 0 Å². The smallest absolute Gasteiger partial charge is 0.159 e. The molecule has 5 heteroatoms. The molecule has 0 bridgehead atoms. The number of anilines is 1. The summed E-state index contributed by atoms with van der Waals surface area (Å²) in [6.07, 6.45) is 1.79. The number of hydrogen-bond acceptors (Lipinski definition) is 4. The highest BCUT2D eigenvalue weighted by molar-refractivity contribution is 6.08. The molecule has 0 atom stereocenters. The van der Waals surface area contributed by atoms with Gasteiger partial charge in [-0.25, -0.2) is 9.97 Å². The number of rotatable bonds is 3. The maximum Gasteiger partial charge on any atom is 0.159 e. The number of pyridine rings is 1. The molecule has 0 amide bonds. The van der Waals surface area contributed by atoms with Crippen molar-refractivity contribution >= 4 is 33.5 Å². The quantitative estimate of drug-likeness (QED) is 0.588. The Morgan fingerprint density at radius 2 is 1.96 bits per heavy atom. The van der Waals surface area contributed by atoms with E-state index in [1.807, 2.05) is 30.3 Å². The SMILES string of the molecule is CC(=O)c1ccc2c(c1)nc(N)c1ncn(Cc3ccccc3)c12. The summed E-state index contributed by atoms with van der Waals surface area (Å²) >= 11 is 0. The predicted molar refractivity (Wildman–Crippen MR) is 95.0 cm³/mol. The lowest BCUT2D eigenvalue weighted by molar-refractivity contribution is 0.101. The second-order valence-electron chi connectivity index (χ2n) is 5.84. The fourth-order valence-corrected chi connectivity index (χ4v) is 2.98. The van der Waals surface area contributed by atoms with Gasteiger partial charge in [-0.1, -0.05) is 36.4 Å². The van der Waals surface area contributed by atoms with Gasteiger partial charge >= 0.3 is 0 Å². The van der Waals surface area contributed by atoms with Crippen molar-refractivity contribution in [1.29, 1.82) is 0 Å². The molecular formula is C19H16N4O. The van der Waals surface area contributed by atoms with Gasteiger partial charge in [0.1, 0.15) is 5.52 Å². The van der Waals surface area contributed by atoms with Crippen molar-refractivity contribution in [3.05, 3.63) is 66.0 Å². The number of carbonyl (C=O) groups is 1. The first-order valence-electron chi connectivity index (χ1n) is 7.72. The van der Waals surface area contributed by atoms with E-state index < -0.39 is 0 Å². The minimum atomic E-state index is 0.00941. The van der Waals surface area contributed by atoms with E-state index in [1.54, 1.807) is 19.3 Å². The Morgan fingerprint density at radius 3 is 2.71 bits per heavy atom. The first-order chi connectivity index (χ1) is 11.6. The van der Waals surface area contributed by atoms with Crippen molar-refractivity contribution in [1.82, 2.24) is 14.5 Å². The number of hydrogen-bond donors (Lipinski definition) is 1. The van der Waals surface area contributed by atoms with Crippen LogP contribution in [0.5, 0.6) is 0 Å². The number of nitrogen functional groups attached to an aromatic ring is 1. The van der Waals surface area contributed by atoms with Crippen LogP contribution in [0.1, 0.15) is 22.8 Å². The monoisotopic (exact) mass is 316 g/mol. The van der Waals surface area contributed by atoms with Crippen molar-refractivity contribution in [3.63, 3.8) is 0 Å². The Labute approximate surface area is 138 Å². The molecule has 118 valence electrons. The van der Waals surface area contributed by atoms with Crippen LogP contribution in [-0.2, 0) is 6.54 Å². The lowest BCUT2D eigenvalue weighted by atomic mass is 10.1. The lowest BCUT2D eigenvalue weighted by Gasteiger charge is -2.08. The second-order valence-corrected chi connectivity index (χ2v) is 5.84. The van der Waals surface area contributed by atoms with Crippen LogP contribution >= 0.6 is 0 Å². The summed E-state index contributed by atoms with van der Waals surface area (Å²) in [4.78, 5) is 20.5. The van der Waals surface area contributed by atoms with Crippen LogP contribution in [0.25, 0.3) is 21.9 Å². The molecule has 0 saturated heterocycles. The van der Waals surface area contributed by atoms with E-state index in [2.05, 4.69) is 26.7 Å². The zero-order valence-corrected chi connectivity index (χ0v) is 13.2. The Balaban J connectivity index is 1.96. The van der Waals surface area contributed by atoms with Gasteiger partial charge in [-0.15, -0.1) is 0 Å². The van der Waals surface area contributed by atoms with Crippen molar-refractivity contribution in [3.8, 4) is 0 Å². The molecule has 0 unspecified atom stereocenters. The molecule has 2 aromatic heterocycles. The minimum Gasteiger partial charge on any atom is -0.382 e. The topological polar surface area (TPSA) is 73.8 Å². The van der Waals surface area contributed by atoms with Crippen LogP contribution in [-0.4, -0.2) is 20.3 Å². The third kappa shape index (κ3) is 2.31. The molecule has 0 aliphatic carbocycles. The van der Waals surface area contributed by atoms with E-state index in [9.17, 15) is 4.79 Å². The van der Waals surface area contributed by atoms with Crippen LogP contribution in [0.4, 0.5) is 5.82 Å². The van der Waals surface area contributed by atoms with Crippen molar-refractivity contribution < 1.29 is 4.79 Å². The molecule has 5 nitrogen and oxygen atoms in total. The normalized spacial score (nSPS) is 11.2. The zero-order valence-electron chi connectivity index (χ0n) is 13.2. The number of imidazole rings is 1. The summed E-state index contributed by atoms with van der Waals surface area (Å²) < 4.78 is 2.07. The third-order valence-corrected chi connectivity index (χ3v) is 4.18. The van der Waals surface area contributed by atoms with Gasteiger partial charge in [0.2, 0.25) is 0 Å². The highest BCUT2D eigenvalue weighted by Crippen LogP contribution is 2.28. The summed E-state index contributed by atoms with van der Waals surface area (Å²) in [5.74, 6) is 0.389. The fraction of sp³-hybridized carbons (Fsp3) is 0.105. The van der Waals surface area contributed by atoms with Crippen molar-refractivity contribution in [2.45, 2.75) is 13.5 Å². The van der Waals surface area contributed by atoms with E-state index in [0.717, 1.165) is 10.9 Å². The molecular weight excluding hydrogens is 300 g/mol. The number of nitrogens with two attached hydrogens (primary N) is 1. The Bertz CT molecular complexity index is 1070. The Hall–Kier alpha value is -3.21. The van der Waals surface area contributed by atoms with Crippen molar-refractivity contribution in [2.24, 2.45) is 0 Å². The first kappa shape index (κ1) is 14.4. The summed E-state index contributed by atoms with van der Waals surface area (Å²) in [5, 5.41) is 0.942. The molecule has 0 spiro atoms. The van der Waals surface area contributed by atoms with Gasteiger partial charge in [0.25, 0.3) is 0 Å². The Kier molecular flexibility index (Phi) is 3.27. The molecule has 2 aromatic carbocycles. The maximum atomic E-state index is 11.6. The molecule has 24 heavy (non-hydrogen) atoms. The number of aromatic nitrogens is 3. The summed E-state index contributed by atoms with van der Waals surface area (Å²) in [5.41, 5.74) is 10.2. The molecule has 4 aromatic rings. The minimum absolute atomic E-state index is 0.00941. The van der Waals surface area contributed by atoms with Gasteiger partial charge in [-0.3, -0.25) is 4.79 Å². The van der Waals surface area contributed by atoms with Gasteiger partial charge < -0.3 is 10.3 Å². The van der Waals surface area contributed by atoms with Gasteiger partial charge in [0.05, 0.1) is 17.4 Å². The zero-order chi connectivity index (χ0) is 16.7. The largest absolute Gasteiger partial charge is 0.382 e. The number of benzene rings is 2. The molecule has 2 N–H and O–H groups in total. The standard InChI is InChI=1S/C19H16N4O/c1-12(24)14-7-8-15-16(9-14)22-19(20)17-18(15)23(11-21-17)10-13-5-3-2-4-6-13/h2-9,11H,10H2,1H3,(H2,20,22). The van der Waals surface area contributed by atoms with E-state index in [1.165, 1.54) is 5.56 Å². The maximum absolute atomic E-state index is 11.6. The van der Waals surface area contributed by atoms with E-state index in [4.69, 9.17) is 5.73 Å². The molecule has 0 radical (unpaired) electrons. The summed E-state index contributed by atoms with van der Waals surface area (Å²) in [7, 11) is 0. The number of Topliss-reactive ketones (excluding diaryl/α,β-unsaturated/α-hetero) is 1. The molecule has 0 saturated carbocycles. The van der Waals surface area contributed by atoms with Crippen LogP contribution in [0.15, 0.2) is 54.9 Å². The molecule has 0 aliphatic heterocycles. The average Bonchev–Trinajstić information content (AvgIpc) is 3.00. The van der Waals surface area contributed by atoms with Crippen molar-refractivity contribution in [2.75, 3.05) is 5.73 Å². The van der Waals surface area contributed by atoms with E-state index in [-0.39, 0.29) is 5.78 Å². The number of nitrogens with zero attached hydrogens (tertiary/aromatic N) is 3. The molecule has 0 fully saturated rings. The summed E-state index contributed by atoms with van der Waals surface area (Å²) in [6, 6.07) is 15.7. The molecule has 2 heterocycles. The average molecular weight is 316 g/mol. The van der Waals surface area contributed by atoms with Crippen LogP contribution < -0.4 is 5.73 Å². The number of fused-ring (bicyclic) bond motifs is 3. The highest BCUT2D eigenvalue weighted by Gasteiger charge is 2.13. The first-order valence-corrected chi connectivity index (χ1v) is 7.72. The van der Waals surface area contributed by atoms with Gasteiger partial charge in [-0.2, -0.15) is 0 Å². The van der Waals surface area contributed by atoms with Gasteiger partial charge in [-0.05, 0) is 24.6 Å². The highest BCUT2D eigenvalue weighted by atomic mass is 16.1. The van der Waals surface area contributed by atoms with Crippen LogP contribution in [0, 0.1) is 0 Å².